The summed E-state index contributed by atoms with van der Waals surface area (Å²) in [5.41, 5.74) is 0.921. The maximum Gasteiger partial charge on any atom is 0.315 e. The summed E-state index contributed by atoms with van der Waals surface area (Å²) in [5.74, 6) is 0.907. The average molecular weight is 333 g/mol. The lowest BCUT2D eigenvalue weighted by Gasteiger charge is -2.32. The number of nitrogens with one attached hydrogen (secondary N) is 2. The molecule has 0 radical (unpaired) electrons. The number of methoxy groups -OCH3 is 1. The van der Waals surface area contributed by atoms with Crippen LogP contribution in [0.1, 0.15) is 32.8 Å². The fourth-order valence-electron chi connectivity index (χ4n) is 2.80. The Morgan fingerprint density at radius 1 is 1.29 bits per heavy atom. The van der Waals surface area contributed by atoms with Crippen molar-refractivity contribution in [1.82, 2.24) is 15.5 Å². The van der Waals surface area contributed by atoms with Crippen molar-refractivity contribution in [3.63, 3.8) is 0 Å². The molecule has 2 N–H and O–H groups in total. The first-order valence-electron chi connectivity index (χ1n) is 8.27. The second kappa shape index (κ2) is 7.55. The Morgan fingerprint density at radius 2 is 1.96 bits per heavy atom. The molecule has 1 atom stereocenters. The summed E-state index contributed by atoms with van der Waals surface area (Å²) in [7, 11) is 1.63. The maximum atomic E-state index is 12.0. The third kappa shape index (κ3) is 4.88. The molecule has 1 aliphatic heterocycles. The van der Waals surface area contributed by atoms with Gasteiger partial charge in [0, 0.05) is 25.0 Å². The summed E-state index contributed by atoms with van der Waals surface area (Å²) in [5, 5.41) is 5.73. The minimum atomic E-state index is -0.225. The molecule has 0 saturated carbocycles. The number of hydrogen-bond acceptors (Lipinski definition) is 3. The fraction of sp³-hybridized carbons (Fsp3) is 0.556. The molecule has 1 fully saturated rings. The molecule has 1 aromatic rings. The molecule has 1 aromatic carbocycles. The normalized spacial score (nSPS) is 17.8. The van der Waals surface area contributed by atoms with Crippen LogP contribution in [0.3, 0.4) is 0 Å². The molecular formula is C18H27N3O3. The lowest BCUT2D eigenvalue weighted by molar-refractivity contribution is -0.131. The van der Waals surface area contributed by atoms with E-state index in [1.807, 2.05) is 49.9 Å². The van der Waals surface area contributed by atoms with Crippen LogP contribution in [0.2, 0.25) is 0 Å². The van der Waals surface area contributed by atoms with Gasteiger partial charge in [0.1, 0.15) is 5.75 Å². The molecule has 1 unspecified atom stereocenters. The van der Waals surface area contributed by atoms with Gasteiger partial charge in [0.2, 0.25) is 5.91 Å². The first-order valence-corrected chi connectivity index (χ1v) is 8.27. The highest BCUT2D eigenvalue weighted by molar-refractivity contribution is 5.82. The molecule has 0 bridgehead atoms. The van der Waals surface area contributed by atoms with Gasteiger partial charge in [-0.15, -0.1) is 0 Å². The van der Waals surface area contributed by atoms with Gasteiger partial charge in [0.25, 0.3) is 0 Å². The quantitative estimate of drug-likeness (QED) is 0.865. The Kier molecular flexibility index (Phi) is 5.70. The molecule has 1 aliphatic rings. The number of hydrogen-bond donors (Lipinski definition) is 2. The fourth-order valence-corrected chi connectivity index (χ4v) is 2.80. The monoisotopic (exact) mass is 333 g/mol. The zero-order valence-corrected chi connectivity index (χ0v) is 14.9. The van der Waals surface area contributed by atoms with Crippen molar-refractivity contribution in [2.75, 3.05) is 20.2 Å². The zero-order valence-electron chi connectivity index (χ0n) is 14.9. The molecule has 24 heavy (non-hydrogen) atoms. The largest absolute Gasteiger partial charge is 0.497 e. The van der Waals surface area contributed by atoms with Gasteiger partial charge in [0.05, 0.1) is 13.2 Å². The molecule has 6 nitrogen and oxygen atoms in total. The van der Waals surface area contributed by atoms with Gasteiger partial charge in [0.15, 0.2) is 0 Å². The summed E-state index contributed by atoms with van der Waals surface area (Å²) in [6, 6.07) is 7.42. The van der Waals surface area contributed by atoms with E-state index in [0.29, 0.717) is 19.5 Å². The van der Waals surface area contributed by atoms with Crippen LogP contribution < -0.4 is 15.4 Å². The molecule has 0 spiro atoms. The molecule has 132 valence electrons. The maximum absolute atomic E-state index is 12.0. The third-order valence-electron chi connectivity index (χ3n) is 4.13. The number of ether oxygens (including phenoxy) is 1. The number of urea groups is 1. The molecule has 2 rings (SSSR count). The lowest BCUT2D eigenvalue weighted by Crippen LogP contribution is -2.46. The van der Waals surface area contributed by atoms with Crippen LogP contribution >= 0.6 is 0 Å². The number of amides is 3. The van der Waals surface area contributed by atoms with Gasteiger partial charge < -0.3 is 20.3 Å². The summed E-state index contributed by atoms with van der Waals surface area (Å²) in [4.78, 5) is 25.8. The standard InChI is InChI=1S/C18H27N3O3/c1-18(2,3)21-12-14(11-16(21)22)20-17(23)19-10-9-13-5-7-15(24-4)8-6-13/h5-8,14H,9-12H2,1-4H3,(H2,19,20,23). The molecule has 1 heterocycles. The van der Waals surface area contributed by atoms with Crippen molar-refractivity contribution < 1.29 is 14.3 Å². The Bertz CT molecular complexity index is 578. The molecule has 6 heteroatoms. The van der Waals surface area contributed by atoms with Crippen LogP contribution in [-0.4, -0.2) is 48.6 Å². The van der Waals surface area contributed by atoms with Crippen LogP contribution in [-0.2, 0) is 11.2 Å². The van der Waals surface area contributed by atoms with Gasteiger partial charge in [-0.3, -0.25) is 4.79 Å². The van der Waals surface area contributed by atoms with Crippen molar-refractivity contribution in [1.29, 1.82) is 0 Å². The van der Waals surface area contributed by atoms with E-state index in [-0.39, 0.29) is 23.5 Å². The minimum absolute atomic E-state index is 0.0889. The topological polar surface area (TPSA) is 70.7 Å². The second-order valence-electron chi connectivity index (χ2n) is 7.07. The number of rotatable bonds is 5. The van der Waals surface area contributed by atoms with Crippen molar-refractivity contribution in [3.8, 4) is 5.75 Å². The van der Waals surface area contributed by atoms with E-state index in [1.54, 1.807) is 7.11 Å². The first kappa shape index (κ1) is 18.1. The highest BCUT2D eigenvalue weighted by Gasteiger charge is 2.36. The molecule has 1 saturated heterocycles. The van der Waals surface area contributed by atoms with Crippen molar-refractivity contribution >= 4 is 11.9 Å². The molecule has 0 aliphatic carbocycles. The SMILES string of the molecule is COc1ccc(CCNC(=O)NC2CC(=O)N(C(C)(C)C)C2)cc1. The van der Waals surface area contributed by atoms with E-state index in [1.165, 1.54) is 0 Å². The number of carbonyl (C=O) groups is 2. The zero-order chi connectivity index (χ0) is 17.7. The Hall–Kier alpha value is -2.24. The number of likely N-dealkylation sites (tertiary alicyclic amines) is 1. The minimum Gasteiger partial charge on any atom is -0.497 e. The van der Waals surface area contributed by atoms with E-state index in [2.05, 4.69) is 10.6 Å². The number of benzene rings is 1. The molecule has 3 amide bonds. The average Bonchev–Trinajstić information content (AvgIpc) is 2.88. The van der Waals surface area contributed by atoms with E-state index in [4.69, 9.17) is 4.74 Å². The van der Waals surface area contributed by atoms with Gasteiger partial charge in [-0.1, -0.05) is 12.1 Å². The summed E-state index contributed by atoms with van der Waals surface area (Å²) < 4.78 is 5.12. The smallest absolute Gasteiger partial charge is 0.315 e. The van der Waals surface area contributed by atoms with Crippen LogP contribution in [0.4, 0.5) is 4.79 Å². The third-order valence-corrected chi connectivity index (χ3v) is 4.13. The van der Waals surface area contributed by atoms with Crippen LogP contribution in [0, 0.1) is 0 Å². The van der Waals surface area contributed by atoms with Crippen LogP contribution in [0.15, 0.2) is 24.3 Å². The van der Waals surface area contributed by atoms with Gasteiger partial charge in [-0.05, 0) is 44.9 Å². The number of carbonyl (C=O) groups excluding carboxylic acids is 2. The Morgan fingerprint density at radius 3 is 2.50 bits per heavy atom. The van der Waals surface area contributed by atoms with E-state index < -0.39 is 0 Å². The first-order chi connectivity index (χ1) is 11.3. The van der Waals surface area contributed by atoms with E-state index in [0.717, 1.165) is 17.7 Å². The second-order valence-corrected chi connectivity index (χ2v) is 7.07. The summed E-state index contributed by atoms with van der Waals surface area (Å²) in [6.07, 6.45) is 1.11. The number of nitrogens with zero attached hydrogens (tertiary/aromatic N) is 1. The summed E-state index contributed by atoms with van der Waals surface area (Å²) >= 11 is 0. The van der Waals surface area contributed by atoms with Crippen molar-refractivity contribution in [2.24, 2.45) is 0 Å². The predicted molar refractivity (Wildman–Crippen MR) is 93.1 cm³/mol. The van der Waals surface area contributed by atoms with Crippen molar-refractivity contribution in [2.45, 2.75) is 45.2 Å². The lowest BCUT2D eigenvalue weighted by atomic mass is 10.1. The highest BCUT2D eigenvalue weighted by atomic mass is 16.5. The highest BCUT2D eigenvalue weighted by Crippen LogP contribution is 2.21. The predicted octanol–water partition coefficient (Wildman–Crippen LogP) is 1.94. The Labute approximate surface area is 143 Å². The van der Waals surface area contributed by atoms with Crippen LogP contribution in [0.25, 0.3) is 0 Å². The Balaban J connectivity index is 1.73. The van der Waals surface area contributed by atoms with E-state index in [9.17, 15) is 9.59 Å². The van der Waals surface area contributed by atoms with Gasteiger partial charge >= 0.3 is 6.03 Å². The van der Waals surface area contributed by atoms with Crippen molar-refractivity contribution in [3.05, 3.63) is 29.8 Å². The van der Waals surface area contributed by atoms with E-state index >= 15 is 0 Å². The molecular weight excluding hydrogens is 306 g/mol. The van der Waals surface area contributed by atoms with Gasteiger partial charge in [-0.25, -0.2) is 4.79 Å². The molecule has 0 aromatic heterocycles. The summed E-state index contributed by atoms with van der Waals surface area (Å²) in [6.45, 7) is 7.11. The van der Waals surface area contributed by atoms with Gasteiger partial charge in [-0.2, -0.15) is 0 Å². The van der Waals surface area contributed by atoms with Crippen LogP contribution in [0.5, 0.6) is 5.75 Å².